The van der Waals surface area contributed by atoms with Gasteiger partial charge in [0.15, 0.2) is 0 Å². The van der Waals surface area contributed by atoms with E-state index in [9.17, 15) is 4.39 Å². The van der Waals surface area contributed by atoms with E-state index in [0.29, 0.717) is 31.0 Å². The number of methoxy groups -OCH3 is 2. The van der Waals surface area contributed by atoms with Crippen molar-refractivity contribution in [3.8, 4) is 0 Å². The quantitative estimate of drug-likeness (QED) is 0.772. The van der Waals surface area contributed by atoms with Crippen molar-refractivity contribution < 1.29 is 13.9 Å². The summed E-state index contributed by atoms with van der Waals surface area (Å²) < 4.78 is 23.8. The molecule has 4 nitrogen and oxygen atoms in total. The average molecular weight is 270 g/mol. The summed E-state index contributed by atoms with van der Waals surface area (Å²) >= 11 is 0. The molecule has 0 saturated carbocycles. The summed E-state index contributed by atoms with van der Waals surface area (Å²) in [5.41, 5.74) is 7.77. The van der Waals surface area contributed by atoms with Crippen molar-refractivity contribution in [3.05, 3.63) is 23.5 Å². The van der Waals surface area contributed by atoms with E-state index in [0.717, 1.165) is 5.69 Å². The molecule has 0 spiro atoms. The zero-order chi connectivity index (χ0) is 14.4. The van der Waals surface area contributed by atoms with Gasteiger partial charge in [-0.3, -0.25) is 0 Å². The van der Waals surface area contributed by atoms with Crippen LogP contribution in [0.1, 0.15) is 12.5 Å². The highest BCUT2D eigenvalue weighted by Gasteiger charge is 2.18. The highest BCUT2D eigenvalue weighted by atomic mass is 19.1. The molecule has 1 unspecified atom stereocenters. The van der Waals surface area contributed by atoms with E-state index in [-0.39, 0.29) is 11.9 Å². The fraction of sp³-hybridized carbons (Fsp3) is 0.571. The number of anilines is 2. The normalized spacial score (nSPS) is 12.5. The number of halogens is 1. The van der Waals surface area contributed by atoms with Crippen LogP contribution in [0.15, 0.2) is 12.1 Å². The number of nitrogen functional groups attached to an aromatic ring is 1. The third kappa shape index (κ3) is 4.08. The van der Waals surface area contributed by atoms with Gasteiger partial charge in [0.2, 0.25) is 0 Å². The second kappa shape index (κ2) is 7.31. The number of hydrogen-bond acceptors (Lipinski definition) is 4. The minimum absolute atomic E-state index is 0.132. The third-order valence-electron chi connectivity index (χ3n) is 3.09. The zero-order valence-corrected chi connectivity index (χ0v) is 12.1. The van der Waals surface area contributed by atoms with E-state index in [2.05, 4.69) is 4.90 Å². The molecule has 0 aliphatic carbocycles. The fourth-order valence-corrected chi connectivity index (χ4v) is 2.03. The maximum atomic E-state index is 13.5. The van der Waals surface area contributed by atoms with Crippen LogP contribution in [-0.4, -0.2) is 40.0 Å². The van der Waals surface area contributed by atoms with Crippen molar-refractivity contribution in [1.29, 1.82) is 0 Å². The first-order chi connectivity index (χ1) is 9.01. The predicted molar refractivity (Wildman–Crippen MR) is 76.1 cm³/mol. The van der Waals surface area contributed by atoms with Crippen LogP contribution >= 0.6 is 0 Å². The third-order valence-corrected chi connectivity index (χ3v) is 3.09. The maximum Gasteiger partial charge on any atom is 0.128 e. The Bertz CT molecular complexity index is 413. The van der Waals surface area contributed by atoms with Gasteiger partial charge in [-0.25, -0.2) is 4.39 Å². The van der Waals surface area contributed by atoms with Gasteiger partial charge in [0.1, 0.15) is 5.82 Å². The summed E-state index contributed by atoms with van der Waals surface area (Å²) in [5.74, 6) is -0.285. The number of hydrogen-bond donors (Lipinski definition) is 1. The topological polar surface area (TPSA) is 47.7 Å². The average Bonchev–Trinajstić information content (AvgIpc) is 2.36. The second-order valence-corrected chi connectivity index (χ2v) is 4.65. The van der Waals surface area contributed by atoms with Crippen LogP contribution in [0.2, 0.25) is 0 Å². The molecule has 2 N–H and O–H groups in total. The standard InChI is InChI=1S/C14H23FN2O2/c1-10-7-14(13(16)8-12(10)15)17(5-6-18-3)11(2)9-19-4/h7-8,11H,5-6,9,16H2,1-4H3. The van der Waals surface area contributed by atoms with Crippen LogP contribution in [0, 0.1) is 12.7 Å². The number of benzene rings is 1. The molecule has 0 aliphatic rings. The Morgan fingerprint density at radius 3 is 2.58 bits per heavy atom. The summed E-state index contributed by atoms with van der Waals surface area (Å²) in [4.78, 5) is 2.08. The zero-order valence-electron chi connectivity index (χ0n) is 12.1. The summed E-state index contributed by atoms with van der Waals surface area (Å²) in [5, 5.41) is 0. The lowest BCUT2D eigenvalue weighted by molar-refractivity contribution is 0.171. The smallest absolute Gasteiger partial charge is 0.128 e. The Kier molecular flexibility index (Phi) is 6.05. The molecule has 0 radical (unpaired) electrons. The number of nitrogens with zero attached hydrogens (tertiary/aromatic N) is 1. The van der Waals surface area contributed by atoms with Crippen molar-refractivity contribution in [2.24, 2.45) is 0 Å². The summed E-state index contributed by atoms with van der Waals surface area (Å²) in [6.07, 6.45) is 0. The van der Waals surface area contributed by atoms with Gasteiger partial charge >= 0.3 is 0 Å². The summed E-state index contributed by atoms with van der Waals surface area (Å²) in [7, 11) is 3.31. The Labute approximate surface area is 114 Å². The number of aryl methyl sites for hydroxylation is 1. The molecule has 0 heterocycles. The largest absolute Gasteiger partial charge is 0.397 e. The van der Waals surface area contributed by atoms with E-state index in [1.165, 1.54) is 6.07 Å². The molecular formula is C14H23FN2O2. The monoisotopic (exact) mass is 270 g/mol. The van der Waals surface area contributed by atoms with Crippen LogP contribution in [0.25, 0.3) is 0 Å². The van der Waals surface area contributed by atoms with Crippen molar-refractivity contribution in [1.82, 2.24) is 0 Å². The lowest BCUT2D eigenvalue weighted by Crippen LogP contribution is -2.39. The lowest BCUT2D eigenvalue weighted by atomic mass is 10.1. The summed E-state index contributed by atoms with van der Waals surface area (Å²) in [6.45, 7) is 5.59. The first-order valence-electron chi connectivity index (χ1n) is 6.31. The molecule has 1 atom stereocenters. The first-order valence-corrected chi connectivity index (χ1v) is 6.31. The Hall–Kier alpha value is -1.33. The predicted octanol–water partition coefficient (Wildman–Crippen LogP) is 2.20. The molecule has 5 heteroatoms. The number of ether oxygens (including phenoxy) is 2. The molecular weight excluding hydrogens is 247 g/mol. The molecule has 1 rings (SSSR count). The van der Waals surface area contributed by atoms with Crippen molar-refractivity contribution in [2.45, 2.75) is 19.9 Å². The van der Waals surface area contributed by atoms with Gasteiger partial charge in [-0.1, -0.05) is 0 Å². The van der Waals surface area contributed by atoms with Crippen LogP contribution < -0.4 is 10.6 Å². The first kappa shape index (κ1) is 15.7. The van der Waals surface area contributed by atoms with Gasteiger partial charge in [0.25, 0.3) is 0 Å². The lowest BCUT2D eigenvalue weighted by Gasteiger charge is -2.32. The van der Waals surface area contributed by atoms with Crippen LogP contribution in [0.4, 0.5) is 15.8 Å². The molecule has 0 saturated heterocycles. The Morgan fingerprint density at radius 2 is 2.00 bits per heavy atom. The molecule has 0 fully saturated rings. The van der Waals surface area contributed by atoms with Crippen LogP contribution in [0.5, 0.6) is 0 Å². The van der Waals surface area contributed by atoms with Gasteiger partial charge in [-0.15, -0.1) is 0 Å². The molecule has 1 aromatic rings. The fourth-order valence-electron chi connectivity index (χ4n) is 2.03. The second-order valence-electron chi connectivity index (χ2n) is 4.65. The maximum absolute atomic E-state index is 13.5. The van der Waals surface area contributed by atoms with Gasteiger partial charge in [-0.2, -0.15) is 0 Å². The van der Waals surface area contributed by atoms with Crippen LogP contribution in [0.3, 0.4) is 0 Å². The SMILES string of the molecule is COCCN(c1cc(C)c(F)cc1N)C(C)COC. The Morgan fingerprint density at radius 1 is 1.32 bits per heavy atom. The van der Waals surface area contributed by atoms with Crippen molar-refractivity contribution >= 4 is 11.4 Å². The Balaban J connectivity index is 3.05. The van der Waals surface area contributed by atoms with Gasteiger partial charge < -0.3 is 20.1 Å². The van der Waals surface area contributed by atoms with Crippen molar-refractivity contribution in [2.75, 3.05) is 44.6 Å². The van der Waals surface area contributed by atoms with E-state index in [1.54, 1.807) is 27.2 Å². The molecule has 0 bridgehead atoms. The highest BCUT2D eigenvalue weighted by Crippen LogP contribution is 2.28. The van der Waals surface area contributed by atoms with E-state index >= 15 is 0 Å². The summed E-state index contributed by atoms with van der Waals surface area (Å²) in [6, 6.07) is 3.27. The molecule has 19 heavy (non-hydrogen) atoms. The molecule has 0 aliphatic heterocycles. The van der Waals surface area contributed by atoms with E-state index in [1.807, 2.05) is 6.92 Å². The minimum atomic E-state index is -0.285. The van der Waals surface area contributed by atoms with Gasteiger partial charge in [0.05, 0.1) is 24.6 Å². The van der Waals surface area contributed by atoms with Crippen LogP contribution in [-0.2, 0) is 9.47 Å². The van der Waals surface area contributed by atoms with E-state index in [4.69, 9.17) is 15.2 Å². The van der Waals surface area contributed by atoms with Gasteiger partial charge in [0, 0.05) is 26.8 Å². The molecule has 108 valence electrons. The molecule has 0 amide bonds. The minimum Gasteiger partial charge on any atom is -0.397 e. The van der Waals surface area contributed by atoms with E-state index < -0.39 is 0 Å². The molecule has 1 aromatic carbocycles. The number of rotatable bonds is 7. The molecule has 0 aromatic heterocycles. The van der Waals surface area contributed by atoms with Crippen molar-refractivity contribution in [3.63, 3.8) is 0 Å². The number of nitrogens with two attached hydrogens (primary N) is 1. The van der Waals surface area contributed by atoms with Gasteiger partial charge in [-0.05, 0) is 31.5 Å². The highest BCUT2D eigenvalue weighted by molar-refractivity contribution is 5.69.